The number of fused-ring (bicyclic) bond motifs is 1. The molecule has 0 aromatic heterocycles. The molecule has 110 valence electrons. The second kappa shape index (κ2) is 5.71. The van der Waals surface area contributed by atoms with Crippen LogP contribution in [0.4, 0.5) is 0 Å². The van der Waals surface area contributed by atoms with E-state index in [0.29, 0.717) is 22.3 Å². The highest BCUT2D eigenvalue weighted by Gasteiger charge is 2.31. The van der Waals surface area contributed by atoms with E-state index in [1.165, 1.54) is 6.42 Å². The summed E-state index contributed by atoms with van der Waals surface area (Å²) in [6, 6.07) is 7.42. The van der Waals surface area contributed by atoms with Crippen LogP contribution in [0.1, 0.15) is 18.4 Å². The number of rotatable bonds is 2. The smallest absolute Gasteiger partial charge is 0.285 e. The zero-order valence-corrected chi connectivity index (χ0v) is 12.9. The highest BCUT2D eigenvalue weighted by atomic mass is 35.5. The summed E-state index contributed by atoms with van der Waals surface area (Å²) in [5, 5.41) is 3.41. The molecule has 1 aromatic carbocycles. The molecule has 3 rings (SSSR count). The van der Waals surface area contributed by atoms with Gasteiger partial charge in [0.05, 0.1) is 0 Å². The molecule has 1 aromatic rings. The molecule has 5 nitrogen and oxygen atoms in total. The molecule has 2 aliphatic heterocycles. The molecule has 7 heteroatoms. The minimum absolute atomic E-state index is 0. The van der Waals surface area contributed by atoms with Crippen LogP contribution in [-0.2, 0) is 10.0 Å². The Hall–Kier alpha value is -1.11. The van der Waals surface area contributed by atoms with Gasteiger partial charge in [-0.1, -0.05) is 12.1 Å². The van der Waals surface area contributed by atoms with Gasteiger partial charge in [0.2, 0.25) is 0 Å². The van der Waals surface area contributed by atoms with Gasteiger partial charge in [0.15, 0.2) is 5.84 Å². The van der Waals surface area contributed by atoms with Crippen LogP contribution in [0.3, 0.4) is 0 Å². The van der Waals surface area contributed by atoms with Crippen molar-refractivity contribution in [1.82, 2.24) is 10.2 Å². The highest BCUT2D eigenvalue weighted by Crippen LogP contribution is 2.27. The zero-order valence-electron chi connectivity index (χ0n) is 11.2. The van der Waals surface area contributed by atoms with E-state index in [1.807, 2.05) is 24.1 Å². The lowest BCUT2D eigenvalue weighted by molar-refractivity contribution is 0.426. The van der Waals surface area contributed by atoms with Crippen LogP contribution in [0.25, 0.3) is 0 Å². The highest BCUT2D eigenvalue weighted by molar-refractivity contribution is 7.90. The van der Waals surface area contributed by atoms with Crippen LogP contribution in [0.15, 0.2) is 33.6 Å². The van der Waals surface area contributed by atoms with E-state index in [2.05, 4.69) is 9.71 Å². The fraction of sp³-hybridized carbons (Fsp3) is 0.462. The first-order valence-electron chi connectivity index (χ1n) is 6.47. The third kappa shape index (κ3) is 2.68. The van der Waals surface area contributed by atoms with Crippen LogP contribution in [-0.4, -0.2) is 45.3 Å². The number of nitrogens with zero attached hydrogens (tertiary/aromatic N) is 2. The van der Waals surface area contributed by atoms with Crippen molar-refractivity contribution in [2.45, 2.75) is 23.8 Å². The van der Waals surface area contributed by atoms with Gasteiger partial charge in [-0.3, -0.25) is 0 Å². The predicted molar refractivity (Wildman–Crippen MR) is 81.1 cm³/mol. The molecular weight excluding hydrogens is 298 g/mol. The maximum atomic E-state index is 12.0. The summed E-state index contributed by atoms with van der Waals surface area (Å²) in [4.78, 5) is 2.25. The van der Waals surface area contributed by atoms with E-state index in [9.17, 15) is 8.42 Å². The zero-order chi connectivity index (χ0) is 13.5. The van der Waals surface area contributed by atoms with Crippen molar-refractivity contribution >= 4 is 28.3 Å². The number of hydrogen-bond donors (Lipinski definition) is 1. The van der Waals surface area contributed by atoms with Crippen molar-refractivity contribution in [2.75, 3.05) is 20.1 Å². The fourth-order valence-electron chi connectivity index (χ4n) is 2.69. The van der Waals surface area contributed by atoms with Crippen LogP contribution in [0.2, 0.25) is 0 Å². The molecule has 1 fully saturated rings. The Morgan fingerprint density at radius 1 is 1.40 bits per heavy atom. The minimum atomic E-state index is -3.51. The van der Waals surface area contributed by atoms with Crippen LogP contribution >= 0.6 is 12.4 Å². The summed E-state index contributed by atoms with van der Waals surface area (Å²) in [5.41, 5.74) is 0.711. The first-order valence-corrected chi connectivity index (χ1v) is 7.91. The topological polar surface area (TPSA) is 61.8 Å². The number of sulfonamides is 1. The summed E-state index contributed by atoms with van der Waals surface area (Å²) in [5.74, 6) is 0.560. The van der Waals surface area contributed by atoms with Crippen molar-refractivity contribution in [3.8, 4) is 0 Å². The summed E-state index contributed by atoms with van der Waals surface area (Å²) in [6.07, 6.45) is 2.31. The monoisotopic (exact) mass is 315 g/mol. The molecule has 1 saturated heterocycles. The minimum Gasteiger partial charge on any atom is -0.357 e. The van der Waals surface area contributed by atoms with Crippen molar-refractivity contribution in [3.63, 3.8) is 0 Å². The van der Waals surface area contributed by atoms with E-state index >= 15 is 0 Å². The maximum Gasteiger partial charge on any atom is 0.285 e. The standard InChI is InChI=1S/C13H17N3O2S.ClH/c1-16(9-10-5-4-8-14-10)13-11-6-2-3-7-12(11)19(17,18)15-13;/h2-3,6-7,10,14H,4-5,8-9H2,1H3;1H. The second-order valence-electron chi connectivity index (χ2n) is 5.06. The SMILES string of the molecule is CN(CC1CCCN1)C1=NS(=O)(=O)c2ccccc21.Cl. The predicted octanol–water partition coefficient (Wildman–Crippen LogP) is 1.24. The number of likely N-dealkylation sites (N-methyl/N-ethyl adjacent to an activating group) is 1. The summed E-state index contributed by atoms with van der Waals surface area (Å²) in [7, 11) is -1.61. The Labute approximate surface area is 125 Å². The lowest BCUT2D eigenvalue weighted by atomic mass is 10.1. The fourth-order valence-corrected chi connectivity index (χ4v) is 3.94. The molecule has 1 unspecified atom stereocenters. The molecular formula is C13H18ClN3O2S. The molecule has 2 aliphatic rings. The average molecular weight is 316 g/mol. The third-order valence-electron chi connectivity index (χ3n) is 3.63. The number of amidine groups is 1. The van der Waals surface area contributed by atoms with E-state index in [1.54, 1.807) is 12.1 Å². The van der Waals surface area contributed by atoms with Gasteiger partial charge in [-0.2, -0.15) is 8.42 Å². The Morgan fingerprint density at radius 3 is 2.85 bits per heavy atom. The Balaban J connectivity index is 0.00000147. The van der Waals surface area contributed by atoms with E-state index in [-0.39, 0.29) is 12.4 Å². The Morgan fingerprint density at radius 2 is 2.15 bits per heavy atom. The number of benzene rings is 1. The van der Waals surface area contributed by atoms with Crippen LogP contribution in [0.5, 0.6) is 0 Å². The van der Waals surface area contributed by atoms with Gasteiger partial charge in [0, 0.05) is 25.2 Å². The van der Waals surface area contributed by atoms with Crippen molar-refractivity contribution in [3.05, 3.63) is 29.8 Å². The molecule has 1 atom stereocenters. The number of halogens is 1. The van der Waals surface area contributed by atoms with Crippen molar-refractivity contribution < 1.29 is 8.42 Å². The first-order chi connectivity index (χ1) is 9.08. The van der Waals surface area contributed by atoms with E-state index in [4.69, 9.17) is 0 Å². The van der Waals surface area contributed by atoms with Crippen LogP contribution in [0, 0.1) is 0 Å². The average Bonchev–Trinajstić information content (AvgIpc) is 2.97. The maximum absolute atomic E-state index is 12.0. The van der Waals surface area contributed by atoms with E-state index in [0.717, 1.165) is 19.5 Å². The molecule has 0 amide bonds. The summed E-state index contributed by atoms with van der Waals surface area (Å²) >= 11 is 0. The third-order valence-corrected chi connectivity index (χ3v) is 4.96. The lowest BCUT2D eigenvalue weighted by Crippen LogP contribution is -2.38. The number of hydrogen-bond acceptors (Lipinski definition) is 4. The molecule has 0 spiro atoms. The van der Waals surface area contributed by atoms with Gasteiger partial charge in [-0.15, -0.1) is 16.8 Å². The van der Waals surface area contributed by atoms with Gasteiger partial charge in [0.25, 0.3) is 10.0 Å². The van der Waals surface area contributed by atoms with Gasteiger partial charge in [-0.05, 0) is 31.5 Å². The first kappa shape index (κ1) is 15.3. The molecule has 0 saturated carbocycles. The normalized spacial score (nSPS) is 22.9. The molecule has 0 radical (unpaired) electrons. The van der Waals surface area contributed by atoms with Gasteiger partial charge >= 0.3 is 0 Å². The number of nitrogens with one attached hydrogen (secondary N) is 1. The lowest BCUT2D eigenvalue weighted by Gasteiger charge is -2.22. The van der Waals surface area contributed by atoms with E-state index < -0.39 is 10.0 Å². The molecule has 0 bridgehead atoms. The van der Waals surface area contributed by atoms with Crippen molar-refractivity contribution in [2.24, 2.45) is 4.40 Å². The van der Waals surface area contributed by atoms with Crippen LogP contribution < -0.4 is 5.32 Å². The molecule has 20 heavy (non-hydrogen) atoms. The van der Waals surface area contributed by atoms with Crippen molar-refractivity contribution in [1.29, 1.82) is 0 Å². The quantitative estimate of drug-likeness (QED) is 0.892. The molecule has 0 aliphatic carbocycles. The summed E-state index contributed by atoms with van der Waals surface area (Å²) < 4.78 is 27.9. The molecule has 1 N–H and O–H groups in total. The second-order valence-corrected chi connectivity index (χ2v) is 6.63. The van der Waals surface area contributed by atoms with Gasteiger partial charge < -0.3 is 10.2 Å². The largest absolute Gasteiger partial charge is 0.357 e. The molecule has 2 heterocycles. The van der Waals surface area contributed by atoms with Gasteiger partial charge in [-0.25, -0.2) is 0 Å². The summed E-state index contributed by atoms with van der Waals surface area (Å²) in [6.45, 7) is 1.82. The Bertz CT molecular complexity index is 624. The van der Waals surface area contributed by atoms with Gasteiger partial charge in [0.1, 0.15) is 4.90 Å². The Kier molecular flexibility index (Phi) is 4.36.